The third-order valence-corrected chi connectivity index (χ3v) is 5.89. The van der Waals surface area contributed by atoms with Crippen LogP contribution >= 0.6 is 0 Å². The van der Waals surface area contributed by atoms with Gasteiger partial charge in [0.25, 0.3) is 5.91 Å². The zero-order valence-electron chi connectivity index (χ0n) is 17.5. The molecule has 168 valence electrons. The summed E-state index contributed by atoms with van der Waals surface area (Å²) >= 11 is 0. The molecule has 0 heterocycles. The van der Waals surface area contributed by atoms with Crippen LogP contribution in [0.15, 0.2) is 53.4 Å². The summed E-state index contributed by atoms with van der Waals surface area (Å²) in [6, 6.07) is 10.4. The molecule has 3 N–H and O–H groups in total. The number of rotatable bonds is 10. The number of nitrogens with one attached hydrogen (secondary N) is 3. The first-order valence-corrected chi connectivity index (χ1v) is 11.1. The van der Waals surface area contributed by atoms with Gasteiger partial charge in [-0.2, -0.15) is 4.72 Å². The number of methoxy groups -OCH3 is 1. The predicted octanol–water partition coefficient (Wildman–Crippen LogP) is 1.68. The van der Waals surface area contributed by atoms with Crippen LogP contribution in [0.1, 0.15) is 24.2 Å². The normalized spacial score (nSPS) is 12.3. The molecule has 2 amide bonds. The molecule has 8 nitrogen and oxygen atoms in total. The SMILES string of the molecule is COc1ccc(C(=O)NCCNC(=O)[C@@H](NS(=O)(=O)c2ccccc2F)C(C)C)cc1. The monoisotopic (exact) mass is 451 g/mol. The Hall–Kier alpha value is -2.98. The van der Waals surface area contributed by atoms with E-state index in [0.717, 1.165) is 12.1 Å². The molecule has 0 radical (unpaired) electrons. The number of ether oxygens (including phenoxy) is 1. The summed E-state index contributed by atoms with van der Waals surface area (Å²) in [5.74, 6) is -1.57. The van der Waals surface area contributed by atoms with Crippen LogP contribution in [0, 0.1) is 11.7 Å². The summed E-state index contributed by atoms with van der Waals surface area (Å²) in [5, 5.41) is 5.24. The van der Waals surface area contributed by atoms with Crippen molar-refractivity contribution in [3.8, 4) is 5.75 Å². The Morgan fingerprint density at radius 1 is 1.00 bits per heavy atom. The van der Waals surface area contributed by atoms with Gasteiger partial charge in [0, 0.05) is 18.7 Å². The molecule has 0 aromatic heterocycles. The van der Waals surface area contributed by atoms with E-state index in [2.05, 4.69) is 15.4 Å². The molecule has 0 aliphatic heterocycles. The quantitative estimate of drug-likeness (QED) is 0.476. The zero-order chi connectivity index (χ0) is 23.0. The van der Waals surface area contributed by atoms with Gasteiger partial charge in [-0.25, -0.2) is 12.8 Å². The van der Waals surface area contributed by atoms with Crippen molar-refractivity contribution in [2.24, 2.45) is 5.92 Å². The maximum atomic E-state index is 13.9. The number of hydrogen-bond acceptors (Lipinski definition) is 5. The van der Waals surface area contributed by atoms with Gasteiger partial charge in [-0.05, 0) is 42.3 Å². The van der Waals surface area contributed by atoms with E-state index in [1.165, 1.54) is 19.2 Å². The summed E-state index contributed by atoms with van der Waals surface area (Å²) in [6.45, 7) is 3.56. The highest BCUT2D eigenvalue weighted by atomic mass is 32.2. The van der Waals surface area contributed by atoms with E-state index in [1.54, 1.807) is 38.1 Å². The van der Waals surface area contributed by atoms with Crippen molar-refractivity contribution in [2.45, 2.75) is 24.8 Å². The summed E-state index contributed by atoms with van der Waals surface area (Å²) < 4.78 is 46.2. The lowest BCUT2D eigenvalue weighted by atomic mass is 10.1. The number of amides is 2. The highest BCUT2D eigenvalue weighted by Crippen LogP contribution is 2.15. The van der Waals surface area contributed by atoms with Crippen LogP contribution in [0.4, 0.5) is 4.39 Å². The molecular formula is C21H26FN3O5S. The Balaban J connectivity index is 1.91. The van der Waals surface area contributed by atoms with E-state index in [-0.39, 0.29) is 19.0 Å². The fraction of sp³-hybridized carbons (Fsp3) is 0.333. The second-order valence-electron chi connectivity index (χ2n) is 7.05. The lowest BCUT2D eigenvalue weighted by Gasteiger charge is -2.22. The molecule has 0 saturated heterocycles. The van der Waals surface area contributed by atoms with Gasteiger partial charge in [0.05, 0.1) is 7.11 Å². The van der Waals surface area contributed by atoms with E-state index in [1.807, 2.05) is 0 Å². The maximum Gasteiger partial charge on any atom is 0.251 e. The summed E-state index contributed by atoms with van der Waals surface area (Å²) in [6.07, 6.45) is 0. The third kappa shape index (κ3) is 6.76. The molecule has 2 aromatic rings. The molecule has 31 heavy (non-hydrogen) atoms. The number of sulfonamides is 1. The first-order valence-electron chi connectivity index (χ1n) is 9.62. The van der Waals surface area contributed by atoms with Crippen molar-refractivity contribution in [3.63, 3.8) is 0 Å². The number of halogens is 1. The third-order valence-electron chi connectivity index (χ3n) is 4.42. The number of carbonyl (C=O) groups excluding carboxylic acids is 2. The van der Waals surface area contributed by atoms with Gasteiger partial charge in [-0.1, -0.05) is 26.0 Å². The molecule has 0 spiro atoms. The van der Waals surface area contributed by atoms with Gasteiger partial charge in [0.1, 0.15) is 22.5 Å². The van der Waals surface area contributed by atoms with E-state index in [9.17, 15) is 22.4 Å². The molecular weight excluding hydrogens is 425 g/mol. The molecule has 0 unspecified atom stereocenters. The van der Waals surface area contributed by atoms with E-state index < -0.39 is 38.6 Å². The van der Waals surface area contributed by atoms with Gasteiger partial charge in [-0.3, -0.25) is 9.59 Å². The van der Waals surface area contributed by atoms with Crippen molar-refractivity contribution in [1.29, 1.82) is 0 Å². The predicted molar refractivity (Wildman–Crippen MR) is 114 cm³/mol. The topological polar surface area (TPSA) is 114 Å². The highest BCUT2D eigenvalue weighted by molar-refractivity contribution is 7.89. The lowest BCUT2D eigenvalue weighted by molar-refractivity contribution is -0.123. The molecule has 0 aliphatic rings. The van der Waals surface area contributed by atoms with Crippen molar-refractivity contribution >= 4 is 21.8 Å². The number of hydrogen-bond donors (Lipinski definition) is 3. The first-order chi connectivity index (χ1) is 14.7. The van der Waals surface area contributed by atoms with Crippen LogP contribution < -0.4 is 20.1 Å². The Morgan fingerprint density at radius 3 is 2.19 bits per heavy atom. The van der Waals surface area contributed by atoms with Crippen LogP contribution in [0.5, 0.6) is 5.75 Å². The molecule has 0 saturated carbocycles. The van der Waals surface area contributed by atoms with Crippen LogP contribution in [-0.4, -0.2) is 46.5 Å². The molecule has 0 bridgehead atoms. The largest absolute Gasteiger partial charge is 0.497 e. The van der Waals surface area contributed by atoms with Crippen LogP contribution in [0.25, 0.3) is 0 Å². The van der Waals surface area contributed by atoms with Gasteiger partial charge < -0.3 is 15.4 Å². The van der Waals surface area contributed by atoms with Crippen LogP contribution in [0.2, 0.25) is 0 Å². The van der Waals surface area contributed by atoms with Gasteiger partial charge >= 0.3 is 0 Å². The Kier molecular flexibility index (Phi) is 8.52. The summed E-state index contributed by atoms with van der Waals surface area (Å²) in [7, 11) is -2.71. The molecule has 1 atom stereocenters. The second-order valence-corrected chi connectivity index (χ2v) is 8.73. The Morgan fingerprint density at radius 2 is 1.61 bits per heavy atom. The highest BCUT2D eigenvalue weighted by Gasteiger charge is 2.29. The van der Waals surface area contributed by atoms with E-state index in [0.29, 0.717) is 11.3 Å². The summed E-state index contributed by atoms with van der Waals surface area (Å²) in [5.41, 5.74) is 0.435. The van der Waals surface area contributed by atoms with Crippen LogP contribution in [-0.2, 0) is 14.8 Å². The lowest BCUT2D eigenvalue weighted by Crippen LogP contribution is -2.50. The molecule has 2 rings (SSSR count). The Bertz CT molecular complexity index is 1010. The van der Waals surface area contributed by atoms with Gasteiger partial charge in [-0.15, -0.1) is 0 Å². The zero-order valence-corrected chi connectivity index (χ0v) is 18.3. The first kappa shape index (κ1) is 24.3. The molecule has 0 aliphatic carbocycles. The standard InChI is InChI=1S/C21H26FN3O5S/c1-14(2)19(25-31(28,29)18-7-5-4-6-17(18)22)21(27)24-13-12-23-20(26)15-8-10-16(30-3)11-9-15/h4-11,14,19,25H,12-13H2,1-3H3,(H,23,26)(H,24,27)/t19-/m0/s1. The maximum absolute atomic E-state index is 13.9. The average molecular weight is 452 g/mol. The molecule has 0 fully saturated rings. The van der Waals surface area contributed by atoms with E-state index >= 15 is 0 Å². The number of benzene rings is 2. The minimum Gasteiger partial charge on any atom is -0.497 e. The van der Waals surface area contributed by atoms with Gasteiger partial charge in [0.15, 0.2) is 0 Å². The van der Waals surface area contributed by atoms with E-state index in [4.69, 9.17) is 4.74 Å². The van der Waals surface area contributed by atoms with Crippen molar-refractivity contribution < 1.29 is 27.1 Å². The molecule has 10 heteroatoms. The summed E-state index contributed by atoms with van der Waals surface area (Å²) in [4.78, 5) is 24.1. The molecule has 2 aromatic carbocycles. The number of carbonyl (C=O) groups is 2. The second kappa shape index (κ2) is 10.9. The van der Waals surface area contributed by atoms with Crippen molar-refractivity contribution in [3.05, 3.63) is 59.9 Å². The average Bonchev–Trinajstić information content (AvgIpc) is 2.74. The van der Waals surface area contributed by atoms with Gasteiger partial charge in [0.2, 0.25) is 15.9 Å². The van der Waals surface area contributed by atoms with Crippen LogP contribution in [0.3, 0.4) is 0 Å². The fourth-order valence-corrected chi connectivity index (χ4v) is 4.12. The minimum atomic E-state index is -4.23. The smallest absolute Gasteiger partial charge is 0.251 e. The fourth-order valence-electron chi connectivity index (χ4n) is 2.70. The Labute approximate surface area is 181 Å². The van der Waals surface area contributed by atoms with Crippen molar-refractivity contribution in [2.75, 3.05) is 20.2 Å². The minimum absolute atomic E-state index is 0.0887. The van der Waals surface area contributed by atoms with Crippen molar-refractivity contribution in [1.82, 2.24) is 15.4 Å².